The summed E-state index contributed by atoms with van der Waals surface area (Å²) in [4.78, 5) is 0. The van der Waals surface area contributed by atoms with E-state index in [1.807, 2.05) is 14.0 Å². The molecule has 0 atom stereocenters. The summed E-state index contributed by atoms with van der Waals surface area (Å²) < 4.78 is 1.76. The van der Waals surface area contributed by atoms with Crippen LogP contribution in [0.25, 0.3) is 0 Å². The van der Waals surface area contributed by atoms with Crippen LogP contribution >= 0.6 is 12.4 Å². The molecule has 0 saturated heterocycles. The van der Waals surface area contributed by atoms with Crippen LogP contribution in [-0.4, -0.2) is 14.8 Å². The fraction of sp³-hybridized carbons (Fsp3) is 0.500. The Morgan fingerprint density at radius 3 is 2.30 bits per heavy atom. The Labute approximate surface area is 65.0 Å². The zero-order valence-electron chi connectivity index (χ0n) is 5.83. The lowest BCUT2D eigenvalue weighted by atomic mass is 10.7. The molecule has 0 aromatic carbocycles. The fourth-order valence-electron chi connectivity index (χ4n) is 0.533. The second-order valence-electron chi connectivity index (χ2n) is 1.77. The molecule has 0 saturated carbocycles. The van der Waals surface area contributed by atoms with Crippen LogP contribution in [0.2, 0.25) is 0 Å². The van der Waals surface area contributed by atoms with E-state index in [1.165, 1.54) is 0 Å². The first-order valence-corrected chi connectivity index (χ1v) is 2.58. The van der Waals surface area contributed by atoms with Gasteiger partial charge in [0.25, 0.3) is 0 Å². The highest BCUT2D eigenvalue weighted by Gasteiger charge is 1.99. The van der Waals surface area contributed by atoms with Gasteiger partial charge in [0, 0.05) is 7.05 Å². The molecular formula is C4H10ClN5. The van der Waals surface area contributed by atoms with E-state index in [4.69, 9.17) is 5.84 Å². The van der Waals surface area contributed by atoms with Crippen LogP contribution in [0.1, 0.15) is 5.82 Å². The summed E-state index contributed by atoms with van der Waals surface area (Å²) in [6.07, 6.45) is 0. The van der Waals surface area contributed by atoms with Gasteiger partial charge in [-0.15, -0.1) is 22.6 Å². The average molecular weight is 164 g/mol. The zero-order chi connectivity index (χ0) is 6.85. The third kappa shape index (κ3) is 1.37. The van der Waals surface area contributed by atoms with Crippen molar-refractivity contribution in [3.8, 4) is 0 Å². The number of aryl methyl sites for hydroxylation is 1. The Morgan fingerprint density at radius 2 is 2.10 bits per heavy atom. The smallest absolute Gasteiger partial charge is 0.238 e. The van der Waals surface area contributed by atoms with E-state index in [-0.39, 0.29) is 12.4 Å². The predicted molar refractivity (Wildman–Crippen MR) is 40.8 cm³/mol. The van der Waals surface area contributed by atoms with Gasteiger partial charge in [0.05, 0.1) is 0 Å². The average Bonchev–Trinajstić information content (AvgIpc) is 2.15. The number of nitrogens with one attached hydrogen (secondary N) is 1. The third-order valence-electron chi connectivity index (χ3n) is 1.22. The molecule has 0 aliphatic heterocycles. The number of hydrazine groups is 1. The van der Waals surface area contributed by atoms with Crippen molar-refractivity contribution in [3.05, 3.63) is 5.82 Å². The van der Waals surface area contributed by atoms with E-state index in [0.717, 1.165) is 5.82 Å². The van der Waals surface area contributed by atoms with E-state index >= 15 is 0 Å². The van der Waals surface area contributed by atoms with Crippen molar-refractivity contribution in [2.75, 3.05) is 5.43 Å². The Morgan fingerprint density at radius 1 is 1.50 bits per heavy atom. The van der Waals surface area contributed by atoms with Crippen LogP contribution in [0.15, 0.2) is 0 Å². The number of nitrogens with zero attached hydrogens (tertiary/aromatic N) is 3. The first-order valence-electron chi connectivity index (χ1n) is 2.58. The molecule has 5 nitrogen and oxygen atoms in total. The summed E-state index contributed by atoms with van der Waals surface area (Å²) in [6.45, 7) is 1.86. The van der Waals surface area contributed by atoms with E-state index < -0.39 is 0 Å². The summed E-state index contributed by atoms with van der Waals surface area (Å²) in [6, 6.07) is 0. The van der Waals surface area contributed by atoms with E-state index in [0.29, 0.717) is 5.95 Å². The van der Waals surface area contributed by atoms with Gasteiger partial charge in [0.1, 0.15) is 5.82 Å². The second-order valence-corrected chi connectivity index (χ2v) is 1.77. The fourth-order valence-corrected chi connectivity index (χ4v) is 0.533. The van der Waals surface area contributed by atoms with Gasteiger partial charge in [0.2, 0.25) is 5.95 Å². The van der Waals surface area contributed by atoms with Gasteiger partial charge < -0.3 is 0 Å². The molecule has 0 unspecified atom stereocenters. The van der Waals surface area contributed by atoms with Crippen molar-refractivity contribution in [1.29, 1.82) is 0 Å². The largest absolute Gasteiger partial charge is 0.300 e. The maximum Gasteiger partial charge on any atom is 0.238 e. The Hall–Kier alpha value is -0.810. The highest BCUT2D eigenvalue weighted by Crippen LogP contribution is 1.99. The number of hydrogen-bond donors (Lipinski definition) is 2. The number of hydrogen-bond acceptors (Lipinski definition) is 4. The van der Waals surface area contributed by atoms with Crippen molar-refractivity contribution in [1.82, 2.24) is 14.8 Å². The SMILES string of the molecule is Cc1nnc(NN)n1C.Cl. The Bertz CT molecular complexity index is 207. The summed E-state index contributed by atoms with van der Waals surface area (Å²) >= 11 is 0. The molecule has 1 aromatic rings. The third-order valence-corrected chi connectivity index (χ3v) is 1.22. The minimum atomic E-state index is 0. The molecule has 0 amide bonds. The van der Waals surface area contributed by atoms with Crippen LogP contribution in [-0.2, 0) is 7.05 Å². The van der Waals surface area contributed by atoms with E-state index in [2.05, 4.69) is 15.6 Å². The van der Waals surface area contributed by atoms with Crippen molar-refractivity contribution in [3.63, 3.8) is 0 Å². The van der Waals surface area contributed by atoms with Gasteiger partial charge in [-0.1, -0.05) is 0 Å². The number of nitrogens with two attached hydrogens (primary N) is 1. The minimum Gasteiger partial charge on any atom is -0.300 e. The molecule has 10 heavy (non-hydrogen) atoms. The van der Waals surface area contributed by atoms with Crippen molar-refractivity contribution in [2.45, 2.75) is 6.92 Å². The summed E-state index contributed by atoms with van der Waals surface area (Å²) in [5.41, 5.74) is 2.41. The van der Waals surface area contributed by atoms with Gasteiger partial charge in [-0.05, 0) is 6.92 Å². The molecule has 0 aliphatic rings. The molecule has 3 N–H and O–H groups in total. The van der Waals surface area contributed by atoms with Gasteiger partial charge in [-0.2, -0.15) is 0 Å². The predicted octanol–water partition coefficient (Wildman–Crippen LogP) is -0.169. The Balaban J connectivity index is 0.000000810. The quantitative estimate of drug-likeness (QED) is 0.446. The highest BCUT2D eigenvalue weighted by atomic mass is 35.5. The first-order chi connectivity index (χ1) is 4.25. The number of halogens is 1. The molecule has 0 fully saturated rings. The molecule has 0 bridgehead atoms. The standard InChI is InChI=1S/C4H9N5.ClH/c1-3-7-8-4(6-5)9(3)2;/h5H2,1-2H3,(H,6,8);1H. The zero-order valence-corrected chi connectivity index (χ0v) is 6.64. The van der Waals surface area contributed by atoms with Gasteiger partial charge in [-0.3, -0.25) is 9.99 Å². The molecule has 0 spiro atoms. The van der Waals surface area contributed by atoms with Gasteiger partial charge in [0.15, 0.2) is 0 Å². The van der Waals surface area contributed by atoms with Crippen LogP contribution in [0, 0.1) is 6.92 Å². The highest BCUT2D eigenvalue weighted by molar-refractivity contribution is 5.85. The molecule has 0 radical (unpaired) electrons. The number of anilines is 1. The molecule has 1 rings (SSSR count). The lowest BCUT2D eigenvalue weighted by Gasteiger charge is -1.96. The Kier molecular flexibility index (Phi) is 3.11. The van der Waals surface area contributed by atoms with Crippen LogP contribution in [0.3, 0.4) is 0 Å². The van der Waals surface area contributed by atoms with Gasteiger partial charge in [-0.25, -0.2) is 5.84 Å². The lowest BCUT2D eigenvalue weighted by Crippen LogP contribution is -2.11. The molecule has 58 valence electrons. The maximum atomic E-state index is 5.09. The first kappa shape index (κ1) is 9.19. The molecule has 1 heterocycles. The normalized spacial score (nSPS) is 8.70. The maximum absolute atomic E-state index is 5.09. The van der Waals surface area contributed by atoms with Crippen LogP contribution in [0.5, 0.6) is 0 Å². The lowest BCUT2D eigenvalue weighted by molar-refractivity contribution is 0.859. The summed E-state index contributed by atoms with van der Waals surface area (Å²) in [5, 5.41) is 7.47. The second kappa shape index (κ2) is 3.38. The summed E-state index contributed by atoms with van der Waals surface area (Å²) in [7, 11) is 1.84. The number of rotatable bonds is 1. The molecule has 6 heteroatoms. The summed E-state index contributed by atoms with van der Waals surface area (Å²) in [5.74, 6) is 6.50. The van der Waals surface area contributed by atoms with Crippen molar-refractivity contribution >= 4 is 18.4 Å². The number of aromatic nitrogens is 3. The monoisotopic (exact) mass is 163 g/mol. The number of nitrogen functional groups attached to an aromatic ring is 1. The van der Waals surface area contributed by atoms with E-state index in [1.54, 1.807) is 4.57 Å². The molecule has 1 aromatic heterocycles. The van der Waals surface area contributed by atoms with E-state index in [9.17, 15) is 0 Å². The van der Waals surface area contributed by atoms with Crippen LogP contribution in [0.4, 0.5) is 5.95 Å². The molecular weight excluding hydrogens is 154 g/mol. The minimum absolute atomic E-state index is 0. The van der Waals surface area contributed by atoms with Crippen LogP contribution < -0.4 is 11.3 Å². The van der Waals surface area contributed by atoms with Crippen molar-refractivity contribution < 1.29 is 0 Å². The topological polar surface area (TPSA) is 68.8 Å². The van der Waals surface area contributed by atoms with Crippen molar-refractivity contribution in [2.24, 2.45) is 12.9 Å². The molecule has 0 aliphatic carbocycles. The van der Waals surface area contributed by atoms with Gasteiger partial charge >= 0.3 is 0 Å².